The van der Waals surface area contributed by atoms with E-state index in [0.717, 1.165) is 0 Å². The Hall–Kier alpha value is -2.82. The summed E-state index contributed by atoms with van der Waals surface area (Å²) in [5, 5.41) is 10.9. The number of aryl methyl sites for hydroxylation is 1. The second-order valence-corrected chi connectivity index (χ2v) is 6.10. The van der Waals surface area contributed by atoms with Crippen LogP contribution in [0.5, 0.6) is 5.75 Å². The van der Waals surface area contributed by atoms with Crippen LogP contribution in [-0.4, -0.2) is 32.4 Å². The number of nitrogens with two attached hydrogens (primary N) is 1. The number of H-pyrrole nitrogens is 2. The molecule has 2 heterocycles. The van der Waals surface area contributed by atoms with Crippen LogP contribution in [0.4, 0.5) is 5.95 Å². The average Bonchev–Trinajstić information content (AvgIpc) is 2.98. The first-order valence-corrected chi connectivity index (χ1v) is 8.06. The summed E-state index contributed by atoms with van der Waals surface area (Å²) in [5.74, 6) is 6.29. The Morgan fingerprint density at radius 2 is 2.04 bits per heavy atom. The van der Waals surface area contributed by atoms with E-state index in [0.29, 0.717) is 10.8 Å². The number of fused-ring (bicyclic) bond motifs is 1. The molecule has 10 nitrogen and oxygen atoms in total. The van der Waals surface area contributed by atoms with Crippen molar-refractivity contribution < 1.29 is 14.4 Å². The molecular weight excluding hydrogens is 364 g/mol. The summed E-state index contributed by atoms with van der Waals surface area (Å²) in [6.45, 7) is -0.0105. The Labute approximate surface area is 151 Å². The van der Waals surface area contributed by atoms with Crippen molar-refractivity contribution in [1.29, 1.82) is 0 Å². The maximum Gasteiger partial charge on any atom is 0.374 e. The number of anilines is 1. The molecule has 0 radical (unpaired) electrons. The van der Waals surface area contributed by atoms with Gasteiger partial charge in [0.2, 0.25) is 11.2 Å². The predicted octanol–water partition coefficient (Wildman–Crippen LogP) is -0.779. The van der Waals surface area contributed by atoms with Crippen molar-refractivity contribution in [3.63, 3.8) is 0 Å². The molecule has 0 aliphatic carbocycles. The highest BCUT2D eigenvalue weighted by atomic mass is 35.5. The highest BCUT2D eigenvalue weighted by Crippen LogP contribution is 2.15. The van der Waals surface area contributed by atoms with Crippen LogP contribution in [0.1, 0.15) is 0 Å². The molecule has 0 bridgehead atoms. The number of ether oxygens (including phenoxy) is 1. The Kier molecular flexibility index (Phi) is 4.98. The minimum atomic E-state index is -0.946. The zero-order chi connectivity index (χ0) is 18.8. The molecule has 1 atom stereocenters. The van der Waals surface area contributed by atoms with Crippen LogP contribution in [0.25, 0.3) is 11.2 Å². The van der Waals surface area contributed by atoms with Crippen LogP contribution in [0.3, 0.4) is 0 Å². The number of benzene rings is 1. The van der Waals surface area contributed by atoms with Gasteiger partial charge in [0.25, 0.3) is 5.56 Å². The molecule has 11 heteroatoms. The predicted molar refractivity (Wildman–Crippen MR) is 95.1 cm³/mol. The van der Waals surface area contributed by atoms with E-state index >= 15 is 0 Å². The lowest BCUT2D eigenvalue weighted by atomic mass is 10.3. The van der Waals surface area contributed by atoms with Crippen LogP contribution >= 0.6 is 11.6 Å². The molecule has 0 spiro atoms. The number of nitrogens with zero attached hydrogens (tertiary/aromatic N) is 2. The second kappa shape index (κ2) is 7.20. The molecule has 0 saturated heterocycles. The van der Waals surface area contributed by atoms with Gasteiger partial charge in [-0.25, -0.2) is 19.8 Å². The van der Waals surface area contributed by atoms with Gasteiger partial charge in [0, 0.05) is 12.1 Å². The minimum Gasteiger partial charge on any atom is -0.491 e. The van der Waals surface area contributed by atoms with Crippen molar-refractivity contribution in [1.82, 2.24) is 14.5 Å². The smallest absolute Gasteiger partial charge is 0.374 e. The number of nitrogens with one attached hydrogen (secondary N) is 3. The number of aliphatic hydroxyl groups excluding tert-OH is 1. The van der Waals surface area contributed by atoms with Crippen molar-refractivity contribution in [2.75, 3.05) is 12.0 Å². The molecule has 0 amide bonds. The number of aliphatic hydroxyl groups is 1. The van der Waals surface area contributed by atoms with Gasteiger partial charge in [0.05, 0.1) is 0 Å². The Morgan fingerprint density at radius 1 is 1.35 bits per heavy atom. The summed E-state index contributed by atoms with van der Waals surface area (Å²) in [7, 11) is 1.50. The first kappa shape index (κ1) is 18.0. The van der Waals surface area contributed by atoms with Crippen molar-refractivity contribution in [2.24, 2.45) is 12.9 Å². The largest absolute Gasteiger partial charge is 0.491 e. The molecule has 0 aliphatic rings. The van der Waals surface area contributed by atoms with Crippen LogP contribution in [0.15, 0.2) is 33.9 Å². The van der Waals surface area contributed by atoms with Crippen molar-refractivity contribution in [2.45, 2.75) is 12.6 Å². The van der Waals surface area contributed by atoms with E-state index < -0.39 is 17.4 Å². The van der Waals surface area contributed by atoms with Gasteiger partial charge in [0.1, 0.15) is 25.0 Å². The number of imidazole rings is 1. The van der Waals surface area contributed by atoms with E-state index in [9.17, 15) is 14.7 Å². The fourth-order valence-corrected chi connectivity index (χ4v) is 2.70. The summed E-state index contributed by atoms with van der Waals surface area (Å²) in [6.07, 6.45) is -0.946. The first-order chi connectivity index (χ1) is 12.4. The minimum absolute atomic E-state index is 0.00834. The molecule has 138 valence electrons. The Balaban J connectivity index is 1.85. The van der Waals surface area contributed by atoms with E-state index in [1.807, 2.05) is 0 Å². The monoisotopic (exact) mass is 381 g/mol. The molecule has 3 rings (SSSR count). The molecule has 1 unspecified atom stereocenters. The molecule has 0 aliphatic heterocycles. The quantitative estimate of drug-likeness (QED) is 0.215. The topological polar surface area (TPSA) is 142 Å². The number of hydrogen-bond acceptors (Lipinski definition) is 6. The lowest BCUT2D eigenvalue weighted by Crippen LogP contribution is -2.47. The fraction of sp³-hybridized carbons (Fsp3) is 0.267. The van der Waals surface area contributed by atoms with Crippen LogP contribution in [-0.2, 0) is 13.6 Å². The standard InChI is InChI=1S/C15H17ClN6O4/c1-21-12-11(13(24)19-15(21)25)22(14(18-12)20-17)6-9(23)7-26-10-4-2-8(16)3-5-10/h2-5,9,23H,6-7,17H2,1H3,(H2,18,19,20,24,25)/p+1. The molecule has 6 N–H and O–H groups in total. The number of aromatic amines is 2. The summed E-state index contributed by atoms with van der Waals surface area (Å²) < 4.78 is 8.19. The van der Waals surface area contributed by atoms with Gasteiger partial charge in [-0.15, -0.1) is 0 Å². The van der Waals surface area contributed by atoms with Gasteiger partial charge < -0.3 is 9.84 Å². The lowest BCUT2D eigenvalue weighted by Gasteiger charge is -2.12. The first-order valence-electron chi connectivity index (χ1n) is 7.68. The molecule has 26 heavy (non-hydrogen) atoms. The lowest BCUT2D eigenvalue weighted by molar-refractivity contribution is -0.665. The zero-order valence-corrected chi connectivity index (χ0v) is 14.6. The number of halogens is 1. The van der Waals surface area contributed by atoms with E-state index in [4.69, 9.17) is 22.2 Å². The molecule has 0 saturated carbocycles. The molecule has 3 aromatic rings. The van der Waals surface area contributed by atoms with E-state index in [-0.39, 0.29) is 30.3 Å². The summed E-state index contributed by atoms with van der Waals surface area (Å²) in [4.78, 5) is 29.0. The molecule has 2 aromatic heterocycles. The molecule has 1 aromatic carbocycles. The number of nitrogen functional groups attached to an aromatic ring is 1. The maximum atomic E-state index is 12.2. The van der Waals surface area contributed by atoms with E-state index in [2.05, 4.69) is 15.4 Å². The normalized spacial score (nSPS) is 12.3. The van der Waals surface area contributed by atoms with Crippen molar-refractivity contribution in [3.05, 3.63) is 50.1 Å². The number of hydrazine groups is 1. The number of rotatable bonds is 6. The average molecular weight is 382 g/mol. The van der Waals surface area contributed by atoms with Crippen LogP contribution in [0.2, 0.25) is 5.02 Å². The second-order valence-electron chi connectivity index (χ2n) is 5.66. The fourth-order valence-electron chi connectivity index (χ4n) is 2.58. The highest BCUT2D eigenvalue weighted by Gasteiger charge is 2.24. The summed E-state index contributed by atoms with van der Waals surface area (Å²) >= 11 is 5.81. The molecular formula is C15H18ClN6O4+. The third kappa shape index (κ3) is 3.43. The van der Waals surface area contributed by atoms with Crippen LogP contribution < -0.4 is 31.8 Å². The summed E-state index contributed by atoms with van der Waals surface area (Å²) in [6, 6.07) is 6.71. The van der Waals surface area contributed by atoms with Gasteiger partial charge in [-0.05, 0) is 24.3 Å². The van der Waals surface area contributed by atoms with Crippen LogP contribution in [0, 0.1) is 0 Å². The van der Waals surface area contributed by atoms with Crippen molar-refractivity contribution >= 4 is 28.7 Å². The Bertz CT molecular complexity index is 1040. The van der Waals surface area contributed by atoms with Gasteiger partial charge in [-0.2, -0.15) is 5.84 Å². The van der Waals surface area contributed by atoms with Gasteiger partial charge in [-0.3, -0.25) is 14.3 Å². The van der Waals surface area contributed by atoms with E-state index in [1.165, 1.54) is 16.2 Å². The van der Waals surface area contributed by atoms with Crippen molar-refractivity contribution in [3.8, 4) is 5.75 Å². The Morgan fingerprint density at radius 3 is 2.69 bits per heavy atom. The SMILES string of the molecule is Cn1c(=O)[nH]c(=O)c2c1[nH]c(NN)[n+]2CC(O)COc1ccc(Cl)cc1. The van der Waals surface area contributed by atoms with Gasteiger partial charge >= 0.3 is 11.6 Å². The van der Waals surface area contributed by atoms with Gasteiger partial charge in [0.15, 0.2) is 0 Å². The van der Waals surface area contributed by atoms with E-state index in [1.54, 1.807) is 24.3 Å². The third-order valence-electron chi connectivity index (χ3n) is 3.86. The number of hydrogen-bond donors (Lipinski definition) is 5. The maximum absolute atomic E-state index is 12.2. The zero-order valence-electron chi connectivity index (χ0n) is 13.8. The summed E-state index contributed by atoms with van der Waals surface area (Å²) in [5.41, 5.74) is 1.71. The number of aromatic nitrogens is 4. The third-order valence-corrected chi connectivity index (χ3v) is 4.11. The molecule has 0 fully saturated rings. The van der Waals surface area contributed by atoms with Gasteiger partial charge in [-0.1, -0.05) is 11.6 Å². The highest BCUT2D eigenvalue weighted by molar-refractivity contribution is 6.30.